The number of ether oxygens (including phenoxy) is 1. The molecule has 0 bridgehead atoms. The largest absolute Gasteiger partial charge is 0.441 e. The molecular formula is C23H26FN5O4. The quantitative estimate of drug-likeness (QED) is 0.563. The zero-order valence-electron chi connectivity index (χ0n) is 18.3. The Morgan fingerprint density at radius 1 is 1.21 bits per heavy atom. The van der Waals surface area contributed by atoms with E-state index < -0.39 is 6.09 Å². The van der Waals surface area contributed by atoms with Gasteiger partial charge in [-0.1, -0.05) is 5.16 Å². The third-order valence-corrected chi connectivity index (χ3v) is 5.76. The van der Waals surface area contributed by atoms with Gasteiger partial charge in [-0.05, 0) is 55.5 Å². The van der Waals surface area contributed by atoms with Crippen molar-refractivity contribution in [1.82, 2.24) is 20.8 Å². The fraction of sp³-hybridized carbons (Fsp3) is 0.391. The van der Waals surface area contributed by atoms with Crippen molar-refractivity contribution in [2.24, 2.45) is 5.92 Å². The highest BCUT2D eigenvalue weighted by atomic mass is 19.1. The number of hydrogen-bond acceptors (Lipinski definition) is 7. The lowest BCUT2D eigenvalue weighted by molar-refractivity contribution is 0.0952. The first-order valence-electron chi connectivity index (χ1n) is 10.9. The maximum Gasteiger partial charge on any atom is 0.407 e. The van der Waals surface area contributed by atoms with Crippen LogP contribution in [0.25, 0.3) is 10.9 Å². The van der Waals surface area contributed by atoms with E-state index in [4.69, 9.17) is 9.26 Å². The lowest BCUT2D eigenvalue weighted by Gasteiger charge is -2.33. The maximum absolute atomic E-state index is 13.4. The van der Waals surface area contributed by atoms with Crippen LogP contribution in [0.2, 0.25) is 0 Å². The minimum absolute atomic E-state index is 0.0976. The minimum Gasteiger partial charge on any atom is -0.441 e. The Kier molecular flexibility index (Phi) is 7.01. The number of nitrogens with zero attached hydrogens (tertiary/aromatic N) is 3. The van der Waals surface area contributed by atoms with E-state index in [-0.39, 0.29) is 24.0 Å². The molecule has 9 nitrogen and oxygen atoms in total. The smallest absolute Gasteiger partial charge is 0.407 e. The van der Waals surface area contributed by atoms with E-state index in [1.165, 1.54) is 25.2 Å². The fourth-order valence-corrected chi connectivity index (χ4v) is 3.89. The number of hydrogen-bond donors (Lipinski definition) is 2. The molecule has 0 spiro atoms. The van der Waals surface area contributed by atoms with Crippen LogP contribution in [-0.4, -0.2) is 48.8 Å². The van der Waals surface area contributed by atoms with E-state index in [1.54, 1.807) is 6.07 Å². The van der Waals surface area contributed by atoms with Gasteiger partial charge in [-0.15, -0.1) is 0 Å². The number of anilines is 1. The number of nitrogens with one attached hydrogen (secondary N) is 2. The topological polar surface area (TPSA) is 110 Å². The highest BCUT2D eigenvalue weighted by molar-refractivity contribution is 5.91. The molecule has 3 aromatic rings. The molecule has 0 saturated carbocycles. The van der Waals surface area contributed by atoms with Gasteiger partial charge in [-0.2, -0.15) is 0 Å². The van der Waals surface area contributed by atoms with Crippen LogP contribution in [0.5, 0.6) is 0 Å². The zero-order valence-corrected chi connectivity index (χ0v) is 18.3. The summed E-state index contributed by atoms with van der Waals surface area (Å²) in [4.78, 5) is 30.3. The molecule has 2 amide bonds. The second-order valence-electron chi connectivity index (χ2n) is 7.99. The van der Waals surface area contributed by atoms with Crippen molar-refractivity contribution in [1.29, 1.82) is 0 Å². The summed E-state index contributed by atoms with van der Waals surface area (Å²) in [6.07, 6.45) is 2.32. The lowest BCUT2D eigenvalue weighted by atomic mass is 9.93. The van der Waals surface area contributed by atoms with Gasteiger partial charge in [0.15, 0.2) is 18.1 Å². The Morgan fingerprint density at radius 2 is 2.03 bits per heavy atom. The SMILES string of the molecule is CNC(=O)c1cc(COC(=O)NCCC2CCN(c3ccc4cc(F)ccc4n3)CC2)on1. The van der Waals surface area contributed by atoms with Crippen LogP contribution in [-0.2, 0) is 11.3 Å². The monoisotopic (exact) mass is 455 g/mol. The Hall–Kier alpha value is -3.69. The van der Waals surface area contributed by atoms with Crippen molar-refractivity contribution in [3.63, 3.8) is 0 Å². The van der Waals surface area contributed by atoms with Gasteiger partial charge >= 0.3 is 6.09 Å². The van der Waals surface area contributed by atoms with Crippen molar-refractivity contribution in [2.45, 2.75) is 25.9 Å². The fourth-order valence-electron chi connectivity index (χ4n) is 3.89. The molecule has 0 atom stereocenters. The molecule has 3 heterocycles. The number of rotatable bonds is 7. The number of aromatic nitrogens is 2. The van der Waals surface area contributed by atoms with Gasteiger partial charge in [-0.25, -0.2) is 14.2 Å². The molecule has 2 aromatic heterocycles. The van der Waals surface area contributed by atoms with Gasteiger partial charge < -0.3 is 24.8 Å². The molecule has 1 aromatic carbocycles. The summed E-state index contributed by atoms with van der Waals surface area (Å²) in [5.41, 5.74) is 0.921. The van der Waals surface area contributed by atoms with Crippen LogP contribution in [0.15, 0.2) is 40.9 Å². The number of amides is 2. The maximum atomic E-state index is 13.4. The molecule has 33 heavy (non-hydrogen) atoms. The Balaban J connectivity index is 1.16. The second-order valence-corrected chi connectivity index (χ2v) is 7.99. The number of alkyl carbamates (subject to hydrolysis) is 1. The Labute approximate surface area is 190 Å². The average Bonchev–Trinajstić information content (AvgIpc) is 3.31. The number of fused-ring (bicyclic) bond motifs is 1. The van der Waals surface area contributed by atoms with Crippen LogP contribution in [0, 0.1) is 11.7 Å². The molecule has 1 aliphatic rings. The standard InChI is InChI=1S/C23H26FN5O4/c1-25-22(30)20-13-18(33-28-20)14-32-23(31)26-9-6-15-7-10-29(11-8-15)21-5-2-16-12-17(24)3-4-19(16)27-21/h2-5,12-13,15H,6-11,14H2,1H3,(H,25,30)(H,26,31). The van der Waals surface area contributed by atoms with Gasteiger partial charge in [0.2, 0.25) is 0 Å². The van der Waals surface area contributed by atoms with Gasteiger partial charge in [-0.3, -0.25) is 4.79 Å². The van der Waals surface area contributed by atoms with Crippen LogP contribution in [0.1, 0.15) is 35.5 Å². The molecular weight excluding hydrogens is 429 g/mol. The summed E-state index contributed by atoms with van der Waals surface area (Å²) < 4.78 is 23.4. The van der Waals surface area contributed by atoms with E-state index in [1.807, 2.05) is 12.1 Å². The molecule has 1 aliphatic heterocycles. The van der Waals surface area contributed by atoms with Crippen molar-refractivity contribution in [3.8, 4) is 0 Å². The molecule has 174 valence electrons. The van der Waals surface area contributed by atoms with Crippen LogP contribution < -0.4 is 15.5 Å². The first kappa shape index (κ1) is 22.5. The third kappa shape index (κ3) is 5.76. The van der Waals surface area contributed by atoms with E-state index >= 15 is 0 Å². The molecule has 0 aliphatic carbocycles. The van der Waals surface area contributed by atoms with Crippen molar-refractivity contribution >= 4 is 28.7 Å². The number of benzene rings is 1. The van der Waals surface area contributed by atoms with E-state index in [0.717, 1.165) is 49.1 Å². The van der Waals surface area contributed by atoms with Crippen molar-refractivity contribution < 1.29 is 23.2 Å². The highest BCUT2D eigenvalue weighted by Gasteiger charge is 2.20. The molecule has 2 N–H and O–H groups in total. The number of piperidine rings is 1. The predicted octanol–water partition coefficient (Wildman–Crippen LogP) is 3.25. The summed E-state index contributed by atoms with van der Waals surface area (Å²) in [6.45, 7) is 2.19. The second kappa shape index (κ2) is 10.3. The number of carbonyl (C=O) groups excluding carboxylic acids is 2. The summed E-state index contributed by atoms with van der Waals surface area (Å²) in [5, 5.41) is 9.59. The molecule has 0 radical (unpaired) electrons. The van der Waals surface area contributed by atoms with Crippen molar-refractivity contribution in [3.05, 3.63) is 53.7 Å². The molecule has 1 fully saturated rings. The van der Waals surface area contributed by atoms with E-state index in [9.17, 15) is 14.0 Å². The van der Waals surface area contributed by atoms with Crippen LogP contribution in [0.3, 0.4) is 0 Å². The number of carbonyl (C=O) groups is 2. The number of halogens is 1. The van der Waals surface area contributed by atoms with E-state index in [2.05, 4.69) is 25.7 Å². The highest BCUT2D eigenvalue weighted by Crippen LogP contribution is 2.25. The molecule has 0 unspecified atom stereocenters. The number of pyridine rings is 1. The van der Waals surface area contributed by atoms with E-state index in [0.29, 0.717) is 18.2 Å². The summed E-state index contributed by atoms with van der Waals surface area (Å²) in [7, 11) is 1.49. The summed E-state index contributed by atoms with van der Waals surface area (Å²) in [6, 6.07) is 9.89. The normalized spacial score (nSPS) is 14.3. The van der Waals surface area contributed by atoms with Gasteiger partial charge in [0.25, 0.3) is 5.91 Å². The van der Waals surface area contributed by atoms with Gasteiger partial charge in [0.1, 0.15) is 11.6 Å². The summed E-state index contributed by atoms with van der Waals surface area (Å²) in [5.74, 6) is 1.07. The van der Waals surface area contributed by atoms with Gasteiger partial charge in [0, 0.05) is 38.1 Å². The Bertz CT molecular complexity index is 1130. The minimum atomic E-state index is -0.540. The first-order valence-corrected chi connectivity index (χ1v) is 10.9. The third-order valence-electron chi connectivity index (χ3n) is 5.76. The molecule has 4 rings (SSSR count). The molecule has 1 saturated heterocycles. The Morgan fingerprint density at radius 3 is 2.82 bits per heavy atom. The summed E-state index contributed by atoms with van der Waals surface area (Å²) >= 11 is 0. The first-order chi connectivity index (χ1) is 16.0. The van der Waals surface area contributed by atoms with Crippen LogP contribution in [0.4, 0.5) is 15.0 Å². The lowest BCUT2D eigenvalue weighted by Crippen LogP contribution is -2.35. The van der Waals surface area contributed by atoms with Crippen LogP contribution >= 0.6 is 0 Å². The van der Waals surface area contributed by atoms with Crippen molar-refractivity contribution in [2.75, 3.05) is 31.6 Å². The van der Waals surface area contributed by atoms with Gasteiger partial charge in [0.05, 0.1) is 5.52 Å². The average molecular weight is 455 g/mol. The zero-order chi connectivity index (χ0) is 23.2. The molecule has 10 heteroatoms. The predicted molar refractivity (Wildman–Crippen MR) is 119 cm³/mol.